The van der Waals surface area contributed by atoms with E-state index in [4.69, 9.17) is 0 Å². The summed E-state index contributed by atoms with van der Waals surface area (Å²) in [5.41, 5.74) is 2.06. The van der Waals surface area contributed by atoms with Gasteiger partial charge in [-0.1, -0.05) is 34.1 Å². The Morgan fingerprint density at radius 2 is 2.18 bits per heavy atom. The van der Waals surface area contributed by atoms with Crippen LogP contribution >= 0.6 is 27.7 Å². The molecule has 0 saturated carbocycles. The van der Waals surface area contributed by atoms with E-state index in [9.17, 15) is 0 Å². The Balaban J connectivity index is 1.97. The van der Waals surface area contributed by atoms with Crippen LogP contribution in [0.25, 0.3) is 0 Å². The van der Waals surface area contributed by atoms with Gasteiger partial charge < -0.3 is 5.32 Å². The van der Waals surface area contributed by atoms with Crippen LogP contribution < -0.4 is 5.32 Å². The van der Waals surface area contributed by atoms with Gasteiger partial charge in [0.15, 0.2) is 0 Å². The minimum absolute atomic E-state index is 0.555. The van der Waals surface area contributed by atoms with E-state index >= 15 is 0 Å². The zero-order valence-corrected chi connectivity index (χ0v) is 12.3. The lowest BCUT2D eigenvalue weighted by Gasteiger charge is -2.42. The fraction of sp³-hybridized carbons (Fsp3) is 0.571. The number of thioether (sulfide) groups is 1. The molecule has 2 saturated heterocycles. The van der Waals surface area contributed by atoms with Gasteiger partial charge in [0.1, 0.15) is 0 Å². The summed E-state index contributed by atoms with van der Waals surface area (Å²) in [6, 6.07) is 8.76. The topological polar surface area (TPSA) is 12.0 Å². The molecule has 1 aromatic rings. The fourth-order valence-electron chi connectivity index (χ4n) is 3.27. The lowest BCUT2D eigenvalue weighted by Crippen LogP contribution is -2.43. The number of piperidine rings is 1. The number of hydrogen-bond donors (Lipinski definition) is 1. The van der Waals surface area contributed by atoms with Gasteiger partial charge >= 0.3 is 0 Å². The first-order valence-corrected chi connectivity index (χ1v) is 8.29. The second-order valence-corrected chi connectivity index (χ2v) is 7.15. The van der Waals surface area contributed by atoms with Crippen LogP contribution in [0.2, 0.25) is 0 Å². The summed E-state index contributed by atoms with van der Waals surface area (Å²) >= 11 is 5.87. The van der Waals surface area contributed by atoms with Gasteiger partial charge in [-0.25, -0.2) is 0 Å². The fourth-order valence-corrected chi connectivity index (χ4v) is 5.42. The number of halogens is 1. The number of hydrogen-bond acceptors (Lipinski definition) is 2. The third-order valence-corrected chi connectivity index (χ3v) is 6.30. The summed E-state index contributed by atoms with van der Waals surface area (Å²) in [5, 5.41) is 3.58. The Hall–Kier alpha value is 0.01000. The normalized spacial score (nSPS) is 33.1. The predicted molar refractivity (Wildman–Crippen MR) is 78.7 cm³/mol. The van der Waals surface area contributed by atoms with Crippen LogP contribution in [0.5, 0.6) is 0 Å². The van der Waals surface area contributed by atoms with E-state index in [1.165, 1.54) is 40.9 Å². The van der Waals surface area contributed by atoms with Crippen LogP contribution in [-0.4, -0.2) is 24.6 Å². The smallest absolute Gasteiger partial charge is 0.0210 e. The molecule has 1 spiro atoms. The Morgan fingerprint density at radius 3 is 2.94 bits per heavy atom. The van der Waals surface area contributed by atoms with Gasteiger partial charge in [0.25, 0.3) is 0 Å². The molecule has 0 bridgehead atoms. The number of rotatable bonds is 1. The van der Waals surface area contributed by atoms with Gasteiger partial charge in [0.05, 0.1) is 0 Å². The average Bonchev–Trinajstić information content (AvgIpc) is 2.80. The van der Waals surface area contributed by atoms with Crippen molar-refractivity contribution in [2.75, 3.05) is 24.6 Å². The maximum absolute atomic E-state index is 3.73. The first-order chi connectivity index (χ1) is 8.32. The summed E-state index contributed by atoms with van der Waals surface area (Å²) in [4.78, 5) is 0. The molecule has 2 heterocycles. The van der Waals surface area contributed by atoms with E-state index in [1.807, 2.05) is 0 Å². The molecule has 2 fully saturated rings. The highest BCUT2D eigenvalue weighted by Crippen LogP contribution is 2.51. The molecule has 0 aromatic heterocycles. The summed E-state index contributed by atoms with van der Waals surface area (Å²) in [6.07, 6.45) is 2.73. The van der Waals surface area contributed by atoms with Gasteiger partial charge in [-0.15, -0.1) is 0 Å². The van der Waals surface area contributed by atoms with Crippen LogP contribution in [0.4, 0.5) is 0 Å². The second kappa shape index (κ2) is 4.94. The lowest BCUT2D eigenvalue weighted by atomic mass is 9.68. The maximum Gasteiger partial charge on any atom is 0.0210 e. The molecule has 1 nitrogen and oxygen atoms in total. The predicted octanol–water partition coefficient (Wildman–Crippen LogP) is 3.65. The molecule has 2 atom stereocenters. The minimum atomic E-state index is 0.555. The minimum Gasteiger partial charge on any atom is -0.316 e. The third kappa shape index (κ3) is 2.18. The SMILES string of the molecule is Brc1ccccc1C1CNCCC12CCSC2. The molecular weight excluding hydrogens is 294 g/mol. The van der Waals surface area contributed by atoms with Gasteiger partial charge in [0.2, 0.25) is 0 Å². The molecular formula is C14H18BrNS. The van der Waals surface area contributed by atoms with Crippen molar-refractivity contribution in [3.63, 3.8) is 0 Å². The first kappa shape index (κ1) is 12.1. The molecule has 3 rings (SSSR count). The Labute approximate surface area is 116 Å². The molecule has 0 aliphatic carbocycles. The van der Waals surface area contributed by atoms with Crippen molar-refractivity contribution in [3.8, 4) is 0 Å². The van der Waals surface area contributed by atoms with Crippen molar-refractivity contribution in [1.82, 2.24) is 5.32 Å². The molecule has 2 aliphatic heterocycles. The van der Waals surface area contributed by atoms with Crippen molar-refractivity contribution in [3.05, 3.63) is 34.3 Å². The Morgan fingerprint density at radius 1 is 1.29 bits per heavy atom. The van der Waals surface area contributed by atoms with E-state index < -0.39 is 0 Å². The van der Waals surface area contributed by atoms with Crippen molar-refractivity contribution in [2.24, 2.45) is 5.41 Å². The molecule has 0 radical (unpaired) electrons. The average molecular weight is 312 g/mol. The molecule has 17 heavy (non-hydrogen) atoms. The van der Waals surface area contributed by atoms with E-state index in [0.717, 1.165) is 6.54 Å². The van der Waals surface area contributed by atoms with Gasteiger partial charge in [0, 0.05) is 16.9 Å². The molecule has 2 unspecified atom stereocenters. The maximum atomic E-state index is 3.73. The third-order valence-electron chi connectivity index (χ3n) is 4.30. The standard InChI is InChI=1S/C14H18BrNS/c15-13-4-2-1-3-11(13)12-9-16-7-5-14(12)6-8-17-10-14/h1-4,12,16H,5-10H2. The second-order valence-electron chi connectivity index (χ2n) is 5.19. The van der Waals surface area contributed by atoms with Crippen molar-refractivity contribution >= 4 is 27.7 Å². The molecule has 2 aliphatic rings. The van der Waals surface area contributed by atoms with Crippen LogP contribution in [-0.2, 0) is 0 Å². The molecule has 1 aromatic carbocycles. The van der Waals surface area contributed by atoms with Gasteiger partial charge in [-0.05, 0) is 47.9 Å². The van der Waals surface area contributed by atoms with E-state index in [0.29, 0.717) is 11.3 Å². The quantitative estimate of drug-likeness (QED) is 0.849. The summed E-state index contributed by atoms with van der Waals surface area (Å²) in [7, 11) is 0. The largest absolute Gasteiger partial charge is 0.316 e. The highest BCUT2D eigenvalue weighted by atomic mass is 79.9. The van der Waals surface area contributed by atoms with E-state index in [2.05, 4.69) is 57.3 Å². The number of nitrogens with one attached hydrogen (secondary N) is 1. The summed E-state index contributed by atoms with van der Waals surface area (Å²) < 4.78 is 1.28. The van der Waals surface area contributed by atoms with Gasteiger partial charge in [-0.3, -0.25) is 0 Å². The highest BCUT2D eigenvalue weighted by Gasteiger charge is 2.44. The lowest BCUT2D eigenvalue weighted by molar-refractivity contribution is 0.196. The summed E-state index contributed by atoms with van der Waals surface area (Å²) in [6.45, 7) is 2.34. The van der Waals surface area contributed by atoms with Crippen LogP contribution in [0.1, 0.15) is 24.3 Å². The summed E-state index contributed by atoms with van der Waals surface area (Å²) in [5.74, 6) is 3.38. The van der Waals surface area contributed by atoms with Crippen molar-refractivity contribution in [1.29, 1.82) is 0 Å². The zero-order chi connectivity index (χ0) is 11.7. The molecule has 1 N–H and O–H groups in total. The van der Waals surface area contributed by atoms with Crippen LogP contribution in [0, 0.1) is 5.41 Å². The number of benzene rings is 1. The van der Waals surface area contributed by atoms with Crippen LogP contribution in [0.3, 0.4) is 0 Å². The first-order valence-electron chi connectivity index (χ1n) is 6.35. The van der Waals surface area contributed by atoms with Crippen LogP contribution in [0.15, 0.2) is 28.7 Å². The van der Waals surface area contributed by atoms with Gasteiger partial charge in [-0.2, -0.15) is 11.8 Å². The van der Waals surface area contributed by atoms with E-state index in [1.54, 1.807) is 0 Å². The Kier molecular flexibility index (Phi) is 3.51. The zero-order valence-electron chi connectivity index (χ0n) is 9.92. The van der Waals surface area contributed by atoms with Crippen molar-refractivity contribution in [2.45, 2.75) is 18.8 Å². The molecule has 3 heteroatoms. The van der Waals surface area contributed by atoms with E-state index in [-0.39, 0.29) is 0 Å². The highest BCUT2D eigenvalue weighted by molar-refractivity contribution is 9.10. The van der Waals surface area contributed by atoms with Crippen molar-refractivity contribution < 1.29 is 0 Å². The Bertz CT molecular complexity index is 401. The molecule has 0 amide bonds. The molecule has 92 valence electrons. The monoisotopic (exact) mass is 311 g/mol.